The van der Waals surface area contributed by atoms with Crippen LogP contribution in [0.2, 0.25) is 5.02 Å². The van der Waals surface area contributed by atoms with Crippen LogP contribution in [0, 0.1) is 0 Å². The summed E-state index contributed by atoms with van der Waals surface area (Å²) >= 11 is 5.99. The molecule has 3 N–H and O–H groups in total. The molecule has 0 radical (unpaired) electrons. The summed E-state index contributed by atoms with van der Waals surface area (Å²) in [5.74, 6) is -0.187. The highest BCUT2D eigenvalue weighted by Crippen LogP contribution is 2.40. The fraction of sp³-hybridized carbons (Fsp3) is 0.150. The number of carbonyl (C=O) groups excluding carboxylic acids is 1. The number of benzene rings is 2. The molecule has 0 bridgehead atoms. The first-order valence-electron chi connectivity index (χ1n) is 8.93. The van der Waals surface area contributed by atoms with Crippen molar-refractivity contribution in [2.24, 2.45) is 0 Å². The molecule has 0 aliphatic carbocycles. The predicted molar refractivity (Wildman–Crippen MR) is 105 cm³/mol. The molecule has 0 saturated heterocycles. The monoisotopic (exact) mass is 410 g/mol. The van der Waals surface area contributed by atoms with Gasteiger partial charge in [-0.2, -0.15) is 5.10 Å². The fourth-order valence-electron chi connectivity index (χ4n) is 3.59. The van der Waals surface area contributed by atoms with E-state index in [1.807, 2.05) is 6.07 Å². The van der Waals surface area contributed by atoms with E-state index < -0.39 is 0 Å². The third-order valence-corrected chi connectivity index (χ3v) is 5.42. The summed E-state index contributed by atoms with van der Waals surface area (Å²) in [4.78, 5) is 14.8. The number of halogens is 1. The van der Waals surface area contributed by atoms with Crippen LogP contribution in [-0.4, -0.2) is 42.9 Å². The third-order valence-electron chi connectivity index (χ3n) is 5.12. The molecule has 1 aliphatic heterocycles. The normalized spacial score (nSPS) is 13.6. The summed E-state index contributed by atoms with van der Waals surface area (Å²) in [7, 11) is 0. The Balaban J connectivity index is 1.48. The number of aromatic nitrogens is 3. The number of amides is 1. The Morgan fingerprint density at radius 3 is 2.93 bits per heavy atom. The van der Waals surface area contributed by atoms with E-state index in [0.717, 1.165) is 22.7 Å². The van der Waals surface area contributed by atoms with Crippen LogP contribution in [0.3, 0.4) is 0 Å². The maximum absolute atomic E-state index is 13.1. The summed E-state index contributed by atoms with van der Waals surface area (Å²) in [6.07, 6.45) is 2.21. The van der Waals surface area contributed by atoms with Crippen molar-refractivity contribution in [3.63, 3.8) is 0 Å². The maximum atomic E-state index is 13.1. The van der Waals surface area contributed by atoms with Crippen molar-refractivity contribution in [1.82, 2.24) is 20.3 Å². The van der Waals surface area contributed by atoms with Crippen LogP contribution in [0.4, 0.5) is 0 Å². The molecule has 4 aromatic rings. The van der Waals surface area contributed by atoms with Gasteiger partial charge >= 0.3 is 0 Å². The lowest BCUT2D eigenvalue weighted by Gasteiger charge is -2.26. The first-order valence-corrected chi connectivity index (χ1v) is 9.30. The number of carbonyl (C=O) groups is 1. The molecule has 0 atom stereocenters. The van der Waals surface area contributed by atoms with Gasteiger partial charge in [0.1, 0.15) is 11.5 Å². The molecule has 1 aliphatic rings. The van der Waals surface area contributed by atoms with E-state index in [2.05, 4.69) is 15.4 Å². The number of nitrogens with one attached hydrogen (secondary N) is 1. The van der Waals surface area contributed by atoms with E-state index in [1.54, 1.807) is 23.2 Å². The molecule has 0 saturated carbocycles. The highest BCUT2D eigenvalue weighted by molar-refractivity contribution is 6.32. The van der Waals surface area contributed by atoms with Crippen molar-refractivity contribution in [3.8, 4) is 22.8 Å². The van der Waals surface area contributed by atoms with Crippen molar-refractivity contribution in [2.45, 2.75) is 13.0 Å². The number of fused-ring (bicyclic) bond motifs is 2. The van der Waals surface area contributed by atoms with Crippen LogP contribution in [0.1, 0.15) is 21.6 Å². The molecule has 2 aromatic carbocycles. The minimum atomic E-state index is -0.229. The first kappa shape index (κ1) is 17.6. The molecule has 29 heavy (non-hydrogen) atoms. The van der Waals surface area contributed by atoms with Crippen molar-refractivity contribution in [2.75, 3.05) is 6.54 Å². The second-order valence-electron chi connectivity index (χ2n) is 6.91. The number of nitrogens with zero attached hydrogens (tertiary/aromatic N) is 3. The molecule has 1 amide bonds. The van der Waals surface area contributed by atoms with Crippen molar-refractivity contribution in [3.05, 3.63) is 58.4 Å². The lowest BCUT2D eigenvalue weighted by atomic mass is 10.00. The number of rotatable bonds is 2. The Hall–Kier alpha value is -3.52. The standard InChI is InChI=1S/C20H15ClN4O4/c21-14-6-12(17(26)7-18(14)27)19-13-9-25(4-3-16(13)24-29-19)20(28)10-1-2-15-11(5-10)8-22-23-15/h1-2,5-8,26-27H,3-4,9H2,(H,22,23). The number of aromatic hydroxyl groups is 2. The van der Waals surface area contributed by atoms with Gasteiger partial charge in [-0.05, 0) is 24.3 Å². The Morgan fingerprint density at radius 2 is 2.07 bits per heavy atom. The zero-order chi connectivity index (χ0) is 20.1. The minimum absolute atomic E-state index is 0.0834. The summed E-state index contributed by atoms with van der Waals surface area (Å²) in [6.45, 7) is 0.790. The van der Waals surface area contributed by atoms with Gasteiger partial charge in [-0.3, -0.25) is 9.89 Å². The Morgan fingerprint density at radius 1 is 1.21 bits per heavy atom. The molecule has 8 nitrogen and oxygen atoms in total. The topological polar surface area (TPSA) is 115 Å². The number of aromatic amines is 1. The molecular weight excluding hydrogens is 396 g/mol. The molecule has 2 aromatic heterocycles. The number of phenols is 2. The van der Waals surface area contributed by atoms with Gasteiger partial charge in [-0.1, -0.05) is 16.8 Å². The lowest BCUT2D eigenvalue weighted by Crippen LogP contribution is -2.35. The number of phenolic OH excluding ortho intramolecular Hbond substituents is 2. The number of H-pyrrole nitrogens is 1. The second kappa shape index (κ2) is 6.52. The summed E-state index contributed by atoms with van der Waals surface area (Å²) in [6, 6.07) is 7.96. The minimum Gasteiger partial charge on any atom is -0.507 e. The molecule has 0 spiro atoms. The highest BCUT2D eigenvalue weighted by atomic mass is 35.5. The summed E-state index contributed by atoms with van der Waals surface area (Å²) < 4.78 is 5.46. The summed E-state index contributed by atoms with van der Waals surface area (Å²) in [5.41, 5.74) is 3.19. The van der Waals surface area contributed by atoms with Gasteiger partial charge in [0.25, 0.3) is 5.91 Å². The first-order chi connectivity index (χ1) is 14.0. The largest absolute Gasteiger partial charge is 0.507 e. The van der Waals surface area contributed by atoms with Gasteiger partial charge in [0.05, 0.1) is 34.5 Å². The molecule has 5 rings (SSSR count). The third kappa shape index (κ3) is 2.89. The number of hydrogen-bond acceptors (Lipinski definition) is 6. The Bertz CT molecular complexity index is 1260. The van der Waals surface area contributed by atoms with Gasteiger partial charge < -0.3 is 19.6 Å². The average molecular weight is 411 g/mol. The fourth-order valence-corrected chi connectivity index (χ4v) is 3.75. The molecular formula is C20H15ClN4O4. The van der Waals surface area contributed by atoms with Gasteiger partial charge in [0.15, 0.2) is 5.76 Å². The second-order valence-corrected chi connectivity index (χ2v) is 7.31. The zero-order valence-corrected chi connectivity index (χ0v) is 15.8. The molecule has 0 unspecified atom stereocenters. The lowest BCUT2D eigenvalue weighted by molar-refractivity contribution is 0.0735. The van der Waals surface area contributed by atoms with Gasteiger partial charge in [0, 0.05) is 35.5 Å². The maximum Gasteiger partial charge on any atom is 0.254 e. The average Bonchev–Trinajstić information content (AvgIpc) is 3.36. The Labute approximate surface area is 169 Å². The van der Waals surface area contributed by atoms with Crippen LogP contribution in [-0.2, 0) is 13.0 Å². The van der Waals surface area contributed by atoms with Crippen LogP contribution >= 0.6 is 11.6 Å². The van der Waals surface area contributed by atoms with E-state index in [9.17, 15) is 15.0 Å². The SMILES string of the molecule is O=C(c1ccc2[nH]ncc2c1)N1CCc2noc(-c3cc(Cl)c(O)cc3O)c2C1. The highest BCUT2D eigenvalue weighted by Gasteiger charge is 2.29. The van der Waals surface area contributed by atoms with Crippen LogP contribution in [0.25, 0.3) is 22.2 Å². The van der Waals surface area contributed by atoms with E-state index in [4.69, 9.17) is 16.1 Å². The van der Waals surface area contributed by atoms with Crippen molar-refractivity contribution in [1.29, 1.82) is 0 Å². The van der Waals surface area contributed by atoms with Gasteiger partial charge in [0.2, 0.25) is 0 Å². The van der Waals surface area contributed by atoms with E-state index in [0.29, 0.717) is 35.4 Å². The van der Waals surface area contributed by atoms with E-state index in [1.165, 1.54) is 6.07 Å². The molecule has 9 heteroatoms. The summed E-state index contributed by atoms with van der Waals surface area (Å²) in [5, 5.41) is 31.8. The van der Waals surface area contributed by atoms with Crippen LogP contribution in [0.15, 0.2) is 41.1 Å². The van der Waals surface area contributed by atoms with Gasteiger partial charge in [-0.15, -0.1) is 0 Å². The molecule has 3 heterocycles. The Kier molecular flexibility index (Phi) is 3.95. The van der Waals surface area contributed by atoms with Crippen LogP contribution < -0.4 is 0 Å². The smallest absolute Gasteiger partial charge is 0.254 e. The predicted octanol–water partition coefficient (Wildman–Crippen LogP) is 3.48. The van der Waals surface area contributed by atoms with Crippen molar-refractivity contribution >= 4 is 28.4 Å². The van der Waals surface area contributed by atoms with Gasteiger partial charge in [-0.25, -0.2) is 0 Å². The molecule has 0 fully saturated rings. The van der Waals surface area contributed by atoms with E-state index >= 15 is 0 Å². The quantitative estimate of drug-likeness (QED) is 0.466. The van der Waals surface area contributed by atoms with Crippen molar-refractivity contribution < 1.29 is 19.5 Å². The zero-order valence-electron chi connectivity index (χ0n) is 15.0. The molecule has 146 valence electrons. The van der Waals surface area contributed by atoms with E-state index in [-0.39, 0.29) is 29.0 Å². The number of hydrogen-bond donors (Lipinski definition) is 3. The van der Waals surface area contributed by atoms with Crippen LogP contribution in [0.5, 0.6) is 11.5 Å².